The van der Waals surface area contributed by atoms with Crippen molar-refractivity contribution in [3.8, 4) is 5.75 Å². The van der Waals surface area contributed by atoms with Gasteiger partial charge in [0.05, 0.1) is 19.5 Å². The van der Waals surface area contributed by atoms with Crippen LogP contribution in [0.1, 0.15) is 21.6 Å². The molecule has 1 heterocycles. The van der Waals surface area contributed by atoms with Gasteiger partial charge in [-0.3, -0.25) is 4.79 Å². The number of rotatable bonds is 6. The van der Waals surface area contributed by atoms with Gasteiger partial charge in [-0.25, -0.2) is 9.97 Å². The standard InChI is InChI=1S/C20H20N4O2/c1-14-7-3-5-9-16(14)24-19-13-21-17(12-22-19)20(25)23-11-15-8-4-6-10-18(15)26-2/h3-10,12-13H,11H2,1-2H3,(H,22,24)(H,23,25). The maximum atomic E-state index is 12.3. The molecule has 0 unspecified atom stereocenters. The lowest BCUT2D eigenvalue weighted by atomic mass is 10.2. The minimum atomic E-state index is -0.286. The molecule has 1 amide bonds. The largest absolute Gasteiger partial charge is 0.496 e. The maximum Gasteiger partial charge on any atom is 0.271 e. The van der Waals surface area contributed by atoms with Gasteiger partial charge in [-0.1, -0.05) is 36.4 Å². The molecule has 0 spiro atoms. The summed E-state index contributed by atoms with van der Waals surface area (Å²) in [5, 5.41) is 6.02. The van der Waals surface area contributed by atoms with E-state index in [-0.39, 0.29) is 11.6 Å². The number of hydrogen-bond donors (Lipinski definition) is 2. The number of hydrogen-bond acceptors (Lipinski definition) is 5. The third kappa shape index (κ3) is 4.16. The van der Waals surface area contributed by atoms with Crippen LogP contribution in [-0.2, 0) is 6.54 Å². The topological polar surface area (TPSA) is 76.1 Å². The average Bonchev–Trinajstić information content (AvgIpc) is 2.68. The van der Waals surface area contributed by atoms with Gasteiger partial charge in [0.15, 0.2) is 0 Å². The van der Waals surface area contributed by atoms with Crippen LogP contribution in [0.25, 0.3) is 0 Å². The first-order valence-electron chi connectivity index (χ1n) is 8.22. The van der Waals surface area contributed by atoms with E-state index in [0.29, 0.717) is 12.4 Å². The van der Waals surface area contributed by atoms with Crippen LogP contribution in [0.3, 0.4) is 0 Å². The van der Waals surface area contributed by atoms with Crippen molar-refractivity contribution in [3.05, 3.63) is 77.7 Å². The summed E-state index contributed by atoms with van der Waals surface area (Å²) in [4.78, 5) is 20.7. The van der Waals surface area contributed by atoms with E-state index in [1.165, 1.54) is 6.20 Å². The summed E-state index contributed by atoms with van der Waals surface area (Å²) in [6, 6.07) is 15.4. The Kier molecular flexibility index (Phi) is 5.43. The van der Waals surface area contributed by atoms with Gasteiger partial charge in [-0.05, 0) is 24.6 Å². The van der Waals surface area contributed by atoms with E-state index in [2.05, 4.69) is 20.6 Å². The van der Waals surface area contributed by atoms with Gasteiger partial charge in [0.2, 0.25) is 0 Å². The van der Waals surface area contributed by atoms with Crippen molar-refractivity contribution >= 4 is 17.4 Å². The highest BCUT2D eigenvalue weighted by Crippen LogP contribution is 2.18. The molecule has 2 N–H and O–H groups in total. The van der Waals surface area contributed by atoms with Crippen LogP contribution >= 0.6 is 0 Å². The fraction of sp³-hybridized carbons (Fsp3) is 0.150. The molecular formula is C20H20N4O2. The fourth-order valence-electron chi connectivity index (χ4n) is 2.48. The van der Waals surface area contributed by atoms with Crippen molar-refractivity contribution in [1.82, 2.24) is 15.3 Å². The summed E-state index contributed by atoms with van der Waals surface area (Å²) < 4.78 is 5.28. The van der Waals surface area contributed by atoms with Crippen LogP contribution in [-0.4, -0.2) is 23.0 Å². The Hall–Kier alpha value is -3.41. The Balaban J connectivity index is 1.63. The number of ether oxygens (including phenoxy) is 1. The molecule has 0 atom stereocenters. The summed E-state index contributed by atoms with van der Waals surface area (Å²) >= 11 is 0. The minimum Gasteiger partial charge on any atom is -0.496 e. The first kappa shape index (κ1) is 17.4. The van der Waals surface area contributed by atoms with Crippen molar-refractivity contribution in [2.75, 3.05) is 12.4 Å². The zero-order valence-corrected chi connectivity index (χ0v) is 14.7. The Morgan fingerprint density at radius 1 is 1.04 bits per heavy atom. The van der Waals surface area contributed by atoms with Gasteiger partial charge in [-0.2, -0.15) is 0 Å². The van der Waals surface area contributed by atoms with Crippen molar-refractivity contribution < 1.29 is 9.53 Å². The zero-order valence-electron chi connectivity index (χ0n) is 14.7. The van der Waals surface area contributed by atoms with Crippen LogP contribution in [0.15, 0.2) is 60.9 Å². The minimum absolute atomic E-state index is 0.259. The monoisotopic (exact) mass is 348 g/mol. The van der Waals surface area contributed by atoms with Crippen molar-refractivity contribution in [2.45, 2.75) is 13.5 Å². The van der Waals surface area contributed by atoms with Crippen molar-refractivity contribution in [2.24, 2.45) is 0 Å². The molecule has 0 saturated carbocycles. The molecule has 132 valence electrons. The van der Waals surface area contributed by atoms with Crippen LogP contribution in [0.2, 0.25) is 0 Å². The third-order valence-corrected chi connectivity index (χ3v) is 3.92. The molecule has 3 rings (SSSR count). The zero-order chi connectivity index (χ0) is 18.4. The highest BCUT2D eigenvalue weighted by molar-refractivity contribution is 5.92. The molecule has 2 aromatic carbocycles. The lowest BCUT2D eigenvalue weighted by Crippen LogP contribution is -2.24. The van der Waals surface area contributed by atoms with E-state index in [1.54, 1.807) is 13.3 Å². The second-order valence-electron chi connectivity index (χ2n) is 5.72. The number of carbonyl (C=O) groups excluding carboxylic acids is 1. The van der Waals surface area contributed by atoms with Crippen LogP contribution in [0.5, 0.6) is 5.75 Å². The number of aromatic nitrogens is 2. The second kappa shape index (κ2) is 8.11. The molecule has 3 aromatic rings. The smallest absolute Gasteiger partial charge is 0.271 e. The summed E-state index contributed by atoms with van der Waals surface area (Å²) in [6.45, 7) is 2.36. The predicted octanol–water partition coefficient (Wildman–Crippen LogP) is 3.47. The summed E-state index contributed by atoms with van der Waals surface area (Å²) in [6.07, 6.45) is 3.00. The lowest BCUT2D eigenvalue weighted by molar-refractivity contribution is 0.0945. The maximum absolute atomic E-state index is 12.3. The second-order valence-corrected chi connectivity index (χ2v) is 5.72. The summed E-state index contributed by atoms with van der Waals surface area (Å²) in [5.74, 6) is 1.03. The van der Waals surface area contributed by atoms with Gasteiger partial charge < -0.3 is 15.4 Å². The van der Waals surface area contributed by atoms with E-state index < -0.39 is 0 Å². The van der Waals surface area contributed by atoms with E-state index in [4.69, 9.17) is 4.74 Å². The molecular weight excluding hydrogens is 328 g/mol. The van der Waals surface area contributed by atoms with E-state index >= 15 is 0 Å². The number of methoxy groups -OCH3 is 1. The highest BCUT2D eigenvalue weighted by Gasteiger charge is 2.10. The van der Waals surface area contributed by atoms with Crippen LogP contribution < -0.4 is 15.4 Å². The molecule has 6 heteroatoms. The Morgan fingerprint density at radius 2 is 1.81 bits per heavy atom. The Bertz CT molecular complexity index is 894. The molecule has 6 nitrogen and oxygen atoms in total. The quantitative estimate of drug-likeness (QED) is 0.713. The highest BCUT2D eigenvalue weighted by atomic mass is 16.5. The molecule has 1 aromatic heterocycles. The van der Waals surface area contributed by atoms with E-state index in [1.807, 2.05) is 55.5 Å². The molecule has 0 aliphatic rings. The van der Waals surface area contributed by atoms with E-state index in [9.17, 15) is 4.79 Å². The SMILES string of the molecule is COc1ccccc1CNC(=O)c1cnc(Nc2ccccc2C)cn1. The molecule has 0 bridgehead atoms. The van der Waals surface area contributed by atoms with Crippen LogP contribution in [0, 0.1) is 6.92 Å². The van der Waals surface area contributed by atoms with Gasteiger partial charge in [0.25, 0.3) is 5.91 Å². The molecule has 0 saturated heterocycles. The number of para-hydroxylation sites is 2. The van der Waals surface area contributed by atoms with Crippen molar-refractivity contribution in [3.63, 3.8) is 0 Å². The number of carbonyl (C=O) groups is 1. The Morgan fingerprint density at radius 3 is 2.54 bits per heavy atom. The van der Waals surface area contributed by atoms with Gasteiger partial charge in [0.1, 0.15) is 17.3 Å². The molecule has 0 fully saturated rings. The molecule has 0 aliphatic heterocycles. The van der Waals surface area contributed by atoms with Crippen LogP contribution in [0.4, 0.5) is 11.5 Å². The normalized spacial score (nSPS) is 10.2. The van der Waals surface area contributed by atoms with Gasteiger partial charge in [-0.15, -0.1) is 0 Å². The number of benzene rings is 2. The van der Waals surface area contributed by atoms with E-state index in [0.717, 1.165) is 22.6 Å². The predicted molar refractivity (Wildman–Crippen MR) is 101 cm³/mol. The van der Waals surface area contributed by atoms with Gasteiger partial charge in [0, 0.05) is 17.8 Å². The van der Waals surface area contributed by atoms with Crippen molar-refractivity contribution in [1.29, 1.82) is 0 Å². The number of amides is 1. The number of aryl methyl sites for hydroxylation is 1. The number of nitrogens with one attached hydrogen (secondary N) is 2. The summed E-state index contributed by atoms with van der Waals surface area (Å²) in [5.41, 5.74) is 3.22. The number of nitrogens with zero attached hydrogens (tertiary/aromatic N) is 2. The number of anilines is 2. The van der Waals surface area contributed by atoms with Gasteiger partial charge >= 0.3 is 0 Å². The fourth-order valence-corrected chi connectivity index (χ4v) is 2.48. The molecule has 0 aliphatic carbocycles. The third-order valence-electron chi connectivity index (χ3n) is 3.92. The summed E-state index contributed by atoms with van der Waals surface area (Å²) in [7, 11) is 1.60. The first-order valence-corrected chi connectivity index (χ1v) is 8.22. The Labute approximate surface area is 152 Å². The molecule has 0 radical (unpaired) electrons. The molecule has 26 heavy (non-hydrogen) atoms. The lowest BCUT2D eigenvalue weighted by Gasteiger charge is -2.10. The average molecular weight is 348 g/mol. The first-order chi connectivity index (χ1) is 12.7.